The van der Waals surface area contributed by atoms with Crippen molar-refractivity contribution in [3.63, 3.8) is 0 Å². The molecule has 0 aliphatic rings. The Bertz CT molecular complexity index is 463. The first-order valence-corrected chi connectivity index (χ1v) is 8.39. The van der Waals surface area contributed by atoms with Crippen molar-refractivity contribution in [1.82, 2.24) is 15.5 Å². The van der Waals surface area contributed by atoms with E-state index in [1.807, 2.05) is 6.92 Å². The average molecular weight is 536 g/mol. The second-order valence-electron chi connectivity index (χ2n) is 4.37. The summed E-state index contributed by atoms with van der Waals surface area (Å²) in [7, 11) is 3.47. The number of carbonyl (C=O) groups is 1. The topological polar surface area (TPSA) is 56.7 Å². The van der Waals surface area contributed by atoms with Crippen LogP contribution in [-0.2, 0) is 11.2 Å². The molecule has 0 radical (unpaired) electrons. The van der Waals surface area contributed by atoms with E-state index in [2.05, 4.69) is 50.3 Å². The van der Waals surface area contributed by atoms with Crippen LogP contribution < -0.4 is 10.6 Å². The molecule has 0 bridgehead atoms. The van der Waals surface area contributed by atoms with Gasteiger partial charge in [-0.05, 0) is 48.1 Å². The number of nitrogens with one attached hydrogen (secondary N) is 2. The number of rotatable bonds is 6. The van der Waals surface area contributed by atoms with Crippen molar-refractivity contribution >= 4 is 69.8 Å². The summed E-state index contributed by atoms with van der Waals surface area (Å²) in [6.07, 6.45) is 0.958. The van der Waals surface area contributed by atoms with Gasteiger partial charge in [-0.3, -0.25) is 4.79 Å². The van der Waals surface area contributed by atoms with Crippen molar-refractivity contribution in [1.29, 1.82) is 0 Å². The van der Waals surface area contributed by atoms with Crippen molar-refractivity contribution in [2.45, 2.75) is 13.3 Å². The Kier molecular flexibility index (Phi) is 11.4. The monoisotopic (exact) mass is 536 g/mol. The third kappa shape index (κ3) is 8.81. The fraction of sp³-hybridized carbons (Fsp3) is 0.538. The zero-order valence-electron chi connectivity index (χ0n) is 12.5. The van der Waals surface area contributed by atoms with Crippen LogP contribution in [0.1, 0.15) is 11.8 Å². The summed E-state index contributed by atoms with van der Waals surface area (Å²) in [4.78, 5) is 18.7. The number of thiophene rings is 1. The molecule has 0 saturated carbocycles. The van der Waals surface area contributed by atoms with Gasteiger partial charge in [0.1, 0.15) is 6.54 Å². The van der Waals surface area contributed by atoms with Crippen LogP contribution in [0.15, 0.2) is 17.1 Å². The van der Waals surface area contributed by atoms with Gasteiger partial charge in [-0.1, -0.05) is 0 Å². The highest BCUT2D eigenvalue weighted by molar-refractivity contribution is 14.1. The molecule has 1 rings (SSSR count). The quantitative estimate of drug-likeness (QED) is 0.333. The van der Waals surface area contributed by atoms with E-state index in [0.29, 0.717) is 5.96 Å². The minimum atomic E-state index is -0.00462. The molecule has 0 aliphatic heterocycles. The first-order chi connectivity index (χ1) is 9.52. The zero-order chi connectivity index (χ0) is 15.0. The Labute approximate surface area is 161 Å². The van der Waals surface area contributed by atoms with E-state index in [9.17, 15) is 4.79 Å². The van der Waals surface area contributed by atoms with Crippen molar-refractivity contribution in [2.24, 2.45) is 4.99 Å². The predicted octanol–water partition coefficient (Wildman–Crippen LogP) is 2.16. The van der Waals surface area contributed by atoms with E-state index >= 15 is 0 Å². The molecule has 120 valence electrons. The normalized spacial score (nSPS) is 10.8. The van der Waals surface area contributed by atoms with E-state index < -0.39 is 0 Å². The van der Waals surface area contributed by atoms with Crippen LogP contribution in [0.3, 0.4) is 0 Å². The maximum absolute atomic E-state index is 11.5. The zero-order valence-corrected chi connectivity index (χ0v) is 17.8. The molecule has 0 unspecified atom stereocenters. The summed E-state index contributed by atoms with van der Waals surface area (Å²) in [5.41, 5.74) is 0. The van der Waals surface area contributed by atoms with Gasteiger partial charge < -0.3 is 15.5 Å². The third-order valence-corrected chi connectivity index (χ3v) is 4.46. The van der Waals surface area contributed by atoms with E-state index in [4.69, 9.17) is 0 Å². The number of hydrogen-bond acceptors (Lipinski definition) is 3. The molecule has 1 heterocycles. The maximum Gasteiger partial charge on any atom is 0.243 e. The lowest BCUT2D eigenvalue weighted by Gasteiger charge is -2.12. The van der Waals surface area contributed by atoms with Gasteiger partial charge >= 0.3 is 0 Å². The van der Waals surface area contributed by atoms with Gasteiger partial charge in [-0.15, -0.1) is 35.3 Å². The molecule has 1 aromatic rings. The lowest BCUT2D eigenvalue weighted by molar-refractivity contribution is -0.127. The van der Waals surface area contributed by atoms with Crippen molar-refractivity contribution in [3.05, 3.63) is 19.9 Å². The molecular formula is C13H22I2N4OS. The number of hydrogen-bond donors (Lipinski definition) is 2. The van der Waals surface area contributed by atoms with E-state index in [1.54, 1.807) is 30.3 Å². The molecule has 1 aromatic heterocycles. The lowest BCUT2D eigenvalue weighted by Crippen LogP contribution is -2.39. The second kappa shape index (κ2) is 11.5. The van der Waals surface area contributed by atoms with Gasteiger partial charge in [0.05, 0.1) is 2.88 Å². The molecule has 0 atom stereocenters. The van der Waals surface area contributed by atoms with Gasteiger partial charge in [-0.2, -0.15) is 0 Å². The summed E-state index contributed by atoms with van der Waals surface area (Å²) in [5.74, 6) is 0.684. The van der Waals surface area contributed by atoms with Crippen LogP contribution in [0.4, 0.5) is 0 Å². The van der Waals surface area contributed by atoms with Gasteiger partial charge in [0.2, 0.25) is 5.91 Å². The first kappa shape index (κ1) is 20.9. The summed E-state index contributed by atoms with van der Waals surface area (Å²) in [6, 6.07) is 4.27. The number of likely N-dealkylation sites (N-methyl/N-ethyl adjacent to an activating group) is 1. The second-order valence-corrected chi connectivity index (χ2v) is 7.43. The van der Waals surface area contributed by atoms with Crippen LogP contribution in [0.2, 0.25) is 0 Å². The van der Waals surface area contributed by atoms with Crippen LogP contribution >= 0.6 is 57.9 Å². The van der Waals surface area contributed by atoms with Crippen LogP contribution in [0.5, 0.6) is 0 Å². The Balaban J connectivity index is 0.00000400. The minimum absolute atomic E-state index is 0. The smallest absolute Gasteiger partial charge is 0.243 e. The van der Waals surface area contributed by atoms with Crippen molar-refractivity contribution in [2.75, 3.05) is 33.7 Å². The molecule has 0 aromatic carbocycles. The summed E-state index contributed by atoms with van der Waals surface area (Å²) in [5, 5.41) is 6.38. The number of guanidine groups is 1. The Morgan fingerprint density at radius 3 is 2.62 bits per heavy atom. The largest absolute Gasteiger partial charge is 0.357 e. The van der Waals surface area contributed by atoms with Crippen LogP contribution in [-0.4, -0.2) is 50.5 Å². The standard InChI is InChI=1S/C13H21IN4OS.HI/c1-4-15-13(17-9-12(19)18(2)3)16-8-7-10-5-6-11(14)20-10;/h5-6H,4,7-9H2,1-3H3,(H2,15,16,17);1H. The number of aliphatic imine (C=N–C) groups is 1. The molecular weight excluding hydrogens is 514 g/mol. The molecule has 0 saturated heterocycles. The Morgan fingerprint density at radius 2 is 2.10 bits per heavy atom. The Morgan fingerprint density at radius 1 is 1.38 bits per heavy atom. The van der Waals surface area contributed by atoms with Crippen molar-refractivity contribution < 1.29 is 4.79 Å². The highest BCUT2D eigenvalue weighted by Gasteiger charge is 2.04. The molecule has 21 heavy (non-hydrogen) atoms. The van der Waals surface area contributed by atoms with Gasteiger partial charge in [0, 0.05) is 32.1 Å². The summed E-state index contributed by atoms with van der Waals surface area (Å²) in [6.45, 7) is 3.75. The molecule has 8 heteroatoms. The van der Waals surface area contributed by atoms with Crippen LogP contribution in [0.25, 0.3) is 0 Å². The molecule has 5 nitrogen and oxygen atoms in total. The average Bonchev–Trinajstić information content (AvgIpc) is 2.81. The van der Waals surface area contributed by atoms with Crippen molar-refractivity contribution in [3.8, 4) is 0 Å². The maximum atomic E-state index is 11.5. The predicted molar refractivity (Wildman–Crippen MR) is 109 cm³/mol. The minimum Gasteiger partial charge on any atom is -0.357 e. The molecule has 0 aliphatic carbocycles. The molecule has 0 fully saturated rings. The Hall–Kier alpha value is -0.1000. The highest BCUT2D eigenvalue weighted by atomic mass is 127. The summed E-state index contributed by atoms with van der Waals surface area (Å²) >= 11 is 4.13. The summed E-state index contributed by atoms with van der Waals surface area (Å²) < 4.78 is 1.30. The number of carbonyl (C=O) groups excluding carboxylic acids is 1. The molecule has 0 spiro atoms. The van der Waals surface area contributed by atoms with E-state index in [1.165, 1.54) is 7.76 Å². The fourth-order valence-corrected chi connectivity index (χ4v) is 3.18. The molecule has 2 N–H and O–H groups in total. The fourth-order valence-electron chi connectivity index (χ4n) is 1.42. The van der Waals surface area contributed by atoms with Gasteiger partial charge in [0.25, 0.3) is 0 Å². The number of amides is 1. The van der Waals surface area contributed by atoms with Crippen LogP contribution in [0, 0.1) is 2.88 Å². The lowest BCUT2D eigenvalue weighted by atomic mass is 10.3. The highest BCUT2D eigenvalue weighted by Crippen LogP contribution is 2.18. The number of nitrogens with zero attached hydrogens (tertiary/aromatic N) is 2. The third-order valence-electron chi connectivity index (χ3n) is 2.51. The first-order valence-electron chi connectivity index (χ1n) is 6.49. The SMILES string of the molecule is CCNC(=NCC(=O)N(C)C)NCCc1ccc(I)s1.I. The van der Waals surface area contributed by atoms with Gasteiger partial charge in [-0.25, -0.2) is 4.99 Å². The van der Waals surface area contributed by atoms with E-state index in [-0.39, 0.29) is 36.4 Å². The molecule has 1 amide bonds. The van der Waals surface area contributed by atoms with Gasteiger partial charge in [0.15, 0.2) is 5.96 Å². The van der Waals surface area contributed by atoms with E-state index in [0.717, 1.165) is 19.5 Å². The number of halogens is 2.